The van der Waals surface area contributed by atoms with Crippen LogP contribution in [0.25, 0.3) is 0 Å². The molecule has 7 nitrogen and oxygen atoms in total. The topological polar surface area (TPSA) is 73.3 Å². The van der Waals surface area contributed by atoms with Crippen LogP contribution in [-0.4, -0.2) is 91.2 Å². The minimum Gasteiger partial charge on any atom is -0.493 e. The zero-order valence-corrected chi connectivity index (χ0v) is 26.0. The highest BCUT2D eigenvalue weighted by molar-refractivity contribution is 5.79. The number of rotatable bonds is 15. The molecule has 0 aliphatic carbocycles. The maximum atomic E-state index is 13.8. The Balaban J connectivity index is 1.88. The number of ether oxygens (including phenoxy) is 1. The van der Waals surface area contributed by atoms with E-state index in [1.54, 1.807) is 0 Å². The molecule has 2 aliphatic rings. The number of hydrogen-bond acceptors (Lipinski definition) is 5. The van der Waals surface area contributed by atoms with Crippen LogP contribution in [-0.2, 0) is 16.0 Å². The lowest BCUT2D eigenvalue weighted by Gasteiger charge is -2.34. The van der Waals surface area contributed by atoms with Gasteiger partial charge in [-0.25, -0.2) is 0 Å². The Labute approximate surface area is 242 Å². The first-order valence-corrected chi connectivity index (χ1v) is 15.2. The molecule has 1 amide bonds. The fourth-order valence-electron chi connectivity index (χ4n) is 6.62. The number of hydrogen-bond donors (Lipinski definition) is 1. The van der Waals surface area contributed by atoms with Crippen molar-refractivity contribution in [3.05, 3.63) is 41.0 Å². The summed E-state index contributed by atoms with van der Waals surface area (Å²) in [4.78, 5) is 33.1. The number of carboxylic acid groups (broad SMARTS) is 1. The maximum absolute atomic E-state index is 13.8. The van der Waals surface area contributed by atoms with E-state index in [-0.39, 0.29) is 29.8 Å². The summed E-state index contributed by atoms with van der Waals surface area (Å²) in [6.45, 7) is 14.7. The van der Waals surface area contributed by atoms with Crippen LogP contribution < -0.4 is 4.74 Å². The minimum atomic E-state index is -0.777. The number of nitrogens with zero attached hydrogens (tertiary/aromatic N) is 3. The van der Waals surface area contributed by atoms with Crippen LogP contribution in [0.2, 0.25) is 0 Å². The van der Waals surface area contributed by atoms with Crippen molar-refractivity contribution in [2.24, 2.45) is 11.3 Å². The number of benzene rings is 1. The van der Waals surface area contributed by atoms with Gasteiger partial charge >= 0.3 is 5.97 Å². The average Bonchev–Trinajstić information content (AvgIpc) is 3.46. The lowest BCUT2D eigenvalue weighted by atomic mass is 9.77. The van der Waals surface area contributed by atoms with Gasteiger partial charge < -0.3 is 19.6 Å². The van der Waals surface area contributed by atoms with Crippen LogP contribution in [0.3, 0.4) is 0 Å². The second kappa shape index (κ2) is 14.5. The van der Waals surface area contributed by atoms with Crippen molar-refractivity contribution < 1.29 is 19.4 Å². The SMILES string of the molecule is CCCCN(CCCCN(C)C)C(=O)CN1C[C@H](c2ccc3c(c2)CCO3)C(C(=O)O)[C@@H]1CC(C)(C)C=C(C)C. The first-order chi connectivity index (χ1) is 18.9. The van der Waals surface area contributed by atoms with Crippen molar-refractivity contribution >= 4 is 11.9 Å². The van der Waals surface area contributed by atoms with E-state index >= 15 is 0 Å². The van der Waals surface area contributed by atoms with Gasteiger partial charge in [0.05, 0.1) is 19.1 Å². The lowest BCUT2D eigenvalue weighted by molar-refractivity contribution is -0.144. The molecule has 3 atom stereocenters. The van der Waals surface area contributed by atoms with E-state index in [1.807, 2.05) is 17.0 Å². The van der Waals surface area contributed by atoms with Crippen LogP contribution >= 0.6 is 0 Å². The van der Waals surface area contributed by atoms with Crippen LogP contribution in [0.15, 0.2) is 29.8 Å². The highest BCUT2D eigenvalue weighted by atomic mass is 16.5. The average molecular weight is 556 g/mol. The fraction of sp³-hybridized carbons (Fsp3) is 0.697. The molecular formula is C33H53N3O4. The molecule has 1 unspecified atom stereocenters. The molecule has 1 saturated heterocycles. The first kappa shape index (κ1) is 32.1. The summed E-state index contributed by atoms with van der Waals surface area (Å²) < 4.78 is 5.71. The molecule has 40 heavy (non-hydrogen) atoms. The van der Waals surface area contributed by atoms with Gasteiger partial charge in [0.25, 0.3) is 0 Å². The molecule has 7 heteroatoms. The van der Waals surface area contributed by atoms with Crippen LogP contribution in [0, 0.1) is 11.3 Å². The smallest absolute Gasteiger partial charge is 0.308 e. The summed E-state index contributed by atoms with van der Waals surface area (Å²) in [5, 5.41) is 10.6. The predicted molar refractivity (Wildman–Crippen MR) is 162 cm³/mol. The van der Waals surface area contributed by atoms with Crippen LogP contribution in [0.5, 0.6) is 5.75 Å². The third-order valence-corrected chi connectivity index (χ3v) is 8.35. The van der Waals surface area contributed by atoms with Crippen molar-refractivity contribution in [2.75, 3.05) is 53.4 Å². The van der Waals surface area contributed by atoms with Crippen molar-refractivity contribution in [2.45, 2.75) is 85.1 Å². The second-order valence-electron chi connectivity index (χ2n) is 13.1. The molecule has 2 aliphatic heterocycles. The lowest BCUT2D eigenvalue weighted by Crippen LogP contribution is -2.46. The van der Waals surface area contributed by atoms with E-state index in [1.165, 1.54) is 5.57 Å². The van der Waals surface area contributed by atoms with Gasteiger partial charge in [-0.3, -0.25) is 14.5 Å². The molecule has 3 rings (SSSR count). The Kier molecular flexibility index (Phi) is 11.6. The van der Waals surface area contributed by atoms with E-state index in [0.717, 1.165) is 68.6 Å². The first-order valence-electron chi connectivity index (χ1n) is 15.2. The zero-order valence-electron chi connectivity index (χ0n) is 26.0. The molecule has 0 radical (unpaired) electrons. The van der Waals surface area contributed by atoms with Gasteiger partial charge in [-0.05, 0) is 82.8 Å². The normalized spacial score (nSPS) is 20.9. The Bertz CT molecular complexity index is 1030. The third-order valence-electron chi connectivity index (χ3n) is 8.35. The Morgan fingerprint density at radius 3 is 2.48 bits per heavy atom. The fourth-order valence-corrected chi connectivity index (χ4v) is 6.62. The summed E-state index contributed by atoms with van der Waals surface area (Å²) in [5.74, 6) is -0.505. The second-order valence-corrected chi connectivity index (χ2v) is 13.1. The Morgan fingerprint density at radius 2 is 1.82 bits per heavy atom. The molecule has 0 saturated carbocycles. The van der Waals surface area contributed by atoms with Gasteiger partial charge in [0.1, 0.15) is 5.75 Å². The third kappa shape index (κ3) is 8.81. The summed E-state index contributed by atoms with van der Waals surface area (Å²) in [7, 11) is 4.15. The summed E-state index contributed by atoms with van der Waals surface area (Å²) in [5.41, 5.74) is 3.23. The number of allylic oxidation sites excluding steroid dienone is 2. The zero-order chi connectivity index (χ0) is 29.4. The van der Waals surface area contributed by atoms with Gasteiger partial charge in [0, 0.05) is 38.0 Å². The molecule has 224 valence electrons. The van der Waals surface area contributed by atoms with E-state index in [2.05, 4.69) is 70.7 Å². The van der Waals surface area contributed by atoms with Gasteiger partial charge in [-0.2, -0.15) is 0 Å². The maximum Gasteiger partial charge on any atom is 0.308 e. The molecule has 0 aromatic heterocycles. The number of carbonyl (C=O) groups is 2. The number of fused-ring (bicyclic) bond motifs is 1. The summed E-state index contributed by atoms with van der Waals surface area (Å²) >= 11 is 0. The highest BCUT2D eigenvalue weighted by Gasteiger charge is 2.48. The van der Waals surface area contributed by atoms with Gasteiger partial charge in [-0.1, -0.05) is 51.0 Å². The van der Waals surface area contributed by atoms with Crippen molar-refractivity contribution in [3.63, 3.8) is 0 Å². The molecule has 0 bridgehead atoms. The van der Waals surface area contributed by atoms with Crippen molar-refractivity contribution in [3.8, 4) is 5.75 Å². The van der Waals surface area contributed by atoms with Gasteiger partial charge in [-0.15, -0.1) is 0 Å². The van der Waals surface area contributed by atoms with Crippen LogP contribution in [0.1, 0.15) is 83.8 Å². The summed E-state index contributed by atoms with van der Waals surface area (Å²) in [6, 6.07) is 5.94. The van der Waals surface area contributed by atoms with Crippen molar-refractivity contribution in [1.29, 1.82) is 0 Å². The van der Waals surface area contributed by atoms with Crippen molar-refractivity contribution in [1.82, 2.24) is 14.7 Å². The quantitative estimate of drug-likeness (QED) is 0.229. The number of likely N-dealkylation sites (tertiary alicyclic amines) is 1. The molecule has 1 aromatic carbocycles. The summed E-state index contributed by atoms with van der Waals surface area (Å²) in [6.07, 6.45) is 7.83. The number of aliphatic carboxylic acids is 1. The van der Waals surface area contributed by atoms with Gasteiger partial charge in [0.2, 0.25) is 5.91 Å². The molecular weight excluding hydrogens is 502 g/mol. The number of carbonyl (C=O) groups excluding carboxylic acids is 1. The standard InChI is InChI=1S/C33H53N3O4/c1-8-9-16-35(17-11-10-15-34(6)7)30(37)23-36-22-27(25-12-13-29-26(19-25)14-18-40-29)31(32(38)39)28(36)21-33(4,5)20-24(2)3/h12-13,19-20,27-28,31H,8-11,14-18,21-23H2,1-7H3,(H,38,39)/t27-,28+,31?/m1/s1. The Morgan fingerprint density at radius 1 is 1.12 bits per heavy atom. The van der Waals surface area contributed by atoms with Gasteiger partial charge in [0.15, 0.2) is 0 Å². The minimum absolute atomic E-state index is 0.121. The Hall–Kier alpha value is -2.38. The molecule has 1 aromatic rings. The monoisotopic (exact) mass is 555 g/mol. The molecule has 1 N–H and O–H groups in total. The van der Waals surface area contributed by atoms with Crippen LogP contribution in [0.4, 0.5) is 0 Å². The van der Waals surface area contributed by atoms with E-state index in [9.17, 15) is 14.7 Å². The predicted octanol–water partition coefficient (Wildman–Crippen LogP) is 5.44. The van der Waals surface area contributed by atoms with E-state index in [4.69, 9.17) is 4.74 Å². The largest absolute Gasteiger partial charge is 0.493 e. The molecule has 1 fully saturated rings. The molecule has 2 heterocycles. The number of carboxylic acids is 1. The van der Waals surface area contributed by atoms with E-state index in [0.29, 0.717) is 19.6 Å². The highest BCUT2D eigenvalue weighted by Crippen LogP contribution is 2.44. The number of unbranched alkanes of at least 4 members (excludes halogenated alkanes) is 2. The molecule has 0 spiro atoms. The number of amides is 1. The van der Waals surface area contributed by atoms with E-state index < -0.39 is 11.9 Å².